The molecular formula is C24H34F2O4S. The first-order valence-electron chi connectivity index (χ1n) is 11.7. The summed E-state index contributed by atoms with van der Waals surface area (Å²) in [5.41, 5.74) is -3.41. The van der Waals surface area contributed by atoms with Crippen LogP contribution in [-0.4, -0.2) is 52.4 Å². The molecule has 10 unspecified atom stereocenters. The predicted octanol–water partition coefficient (Wildman–Crippen LogP) is 4.74. The van der Waals surface area contributed by atoms with Gasteiger partial charge in [-0.3, -0.25) is 4.79 Å². The summed E-state index contributed by atoms with van der Waals surface area (Å²) in [5.74, 6) is -0.943. The van der Waals surface area contributed by atoms with Gasteiger partial charge in [-0.25, -0.2) is 8.78 Å². The Balaban J connectivity index is 1.58. The zero-order valence-electron chi connectivity index (χ0n) is 18.8. The van der Waals surface area contributed by atoms with E-state index in [0.29, 0.717) is 6.42 Å². The zero-order valence-corrected chi connectivity index (χ0v) is 19.6. The van der Waals surface area contributed by atoms with Crippen LogP contribution in [0.3, 0.4) is 0 Å². The molecule has 0 radical (unpaired) electrons. The van der Waals surface area contributed by atoms with Crippen LogP contribution in [0.5, 0.6) is 0 Å². The van der Waals surface area contributed by atoms with Gasteiger partial charge in [0.05, 0.1) is 12.2 Å². The largest absolute Gasteiger partial charge is 0.390 e. The van der Waals surface area contributed by atoms with Gasteiger partial charge in [-0.05, 0) is 55.9 Å². The minimum Gasteiger partial charge on any atom is -0.390 e. The van der Waals surface area contributed by atoms with Gasteiger partial charge in [-0.1, -0.05) is 27.2 Å². The van der Waals surface area contributed by atoms with Crippen molar-refractivity contribution in [2.75, 3.05) is 6.26 Å². The summed E-state index contributed by atoms with van der Waals surface area (Å²) < 4.78 is 45.5. The smallest absolute Gasteiger partial charge is 0.160 e. The van der Waals surface area contributed by atoms with Gasteiger partial charge in [-0.15, -0.1) is 11.8 Å². The van der Waals surface area contributed by atoms with E-state index in [4.69, 9.17) is 9.47 Å². The Labute approximate surface area is 187 Å². The maximum Gasteiger partial charge on any atom is 0.160 e. The van der Waals surface area contributed by atoms with Crippen LogP contribution in [0.25, 0.3) is 0 Å². The topological polar surface area (TPSA) is 55.8 Å². The molecule has 0 bridgehead atoms. The highest BCUT2D eigenvalue weighted by Crippen LogP contribution is 2.74. The summed E-state index contributed by atoms with van der Waals surface area (Å²) >= 11 is 1.60. The van der Waals surface area contributed by atoms with E-state index in [1.807, 2.05) is 6.26 Å². The molecule has 1 saturated heterocycles. The van der Waals surface area contributed by atoms with E-state index in [0.717, 1.165) is 12.8 Å². The van der Waals surface area contributed by atoms with E-state index in [1.165, 1.54) is 6.08 Å². The molecule has 0 amide bonds. The lowest BCUT2D eigenvalue weighted by Gasteiger charge is -2.64. The minimum atomic E-state index is -1.96. The van der Waals surface area contributed by atoms with E-state index >= 15 is 8.78 Å². The molecule has 31 heavy (non-hydrogen) atoms. The van der Waals surface area contributed by atoms with Gasteiger partial charge in [-0.2, -0.15) is 0 Å². The number of aliphatic hydroxyl groups excluding tert-OH is 1. The maximum absolute atomic E-state index is 17.2. The van der Waals surface area contributed by atoms with Crippen LogP contribution in [0.1, 0.15) is 65.7 Å². The van der Waals surface area contributed by atoms with E-state index in [1.54, 1.807) is 18.7 Å². The van der Waals surface area contributed by atoms with Crippen LogP contribution in [0.15, 0.2) is 11.6 Å². The molecule has 0 spiro atoms. The van der Waals surface area contributed by atoms with Crippen LogP contribution in [0.2, 0.25) is 0 Å². The number of carbonyl (C=O) groups excluding carboxylic acids is 1. The summed E-state index contributed by atoms with van der Waals surface area (Å²) in [6, 6.07) is 0. The van der Waals surface area contributed by atoms with Gasteiger partial charge in [0.25, 0.3) is 0 Å². The van der Waals surface area contributed by atoms with E-state index in [-0.39, 0.29) is 55.4 Å². The fraction of sp³-hybridized carbons (Fsp3) is 0.875. The summed E-state index contributed by atoms with van der Waals surface area (Å²) in [7, 11) is 0. The highest BCUT2D eigenvalue weighted by molar-refractivity contribution is 7.99. The van der Waals surface area contributed by atoms with Crippen molar-refractivity contribution < 1.29 is 28.2 Å². The van der Waals surface area contributed by atoms with Gasteiger partial charge in [0.2, 0.25) is 0 Å². The third-order valence-electron chi connectivity index (χ3n) is 9.55. The normalized spacial score (nSPS) is 55.8. The number of hydrogen-bond donors (Lipinski definition) is 1. The minimum absolute atomic E-state index is 0.00190. The molecule has 5 aliphatic rings. The molecule has 7 heteroatoms. The lowest BCUT2D eigenvalue weighted by molar-refractivity contribution is -0.232. The Kier molecular flexibility index (Phi) is 5.04. The van der Waals surface area contributed by atoms with E-state index in [9.17, 15) is 9.90 Å². The molecule has 5 rings (SSSR count). The van der Waals surface area contributed by atoms with Crippen molar-refractivity contribution in [2.24, 2.45) is 22.7 Å². The number of ketones is 1. The molecule has 10 atom stereocenters. The SMILES string of the molecule is CCCC1OC2CC3C4CC(F)C5=CC(=O)CCC5(C)C4(F)C(O)CC3(C)C2(SC)O1. The summed E-state index contributed by atoms with van der Waals surface area (Å²) in [5, 5.41) is 11.4. The third-order valence-corrected chi connectivity index (χ3v) is 11.0. The molecule has 4 aliphatic carbocycles. The van der Waals surface area contributed by atoms with Gasteiger partial charge in [0, 0.05) is 23.2 Å². The van der Waals surface area contributed by atoms with Gasteiger partial charge >= 0.3 is 0 Å². The Morgan fingerprint density at radius 2 is 2.03 bits per heavy atom. The second kappa shape index (κ2) is 7.00. The van der Waals surface area contributed by atoms with Crippen LogP contribution in [0, 0.1) is 22.7 Å². The highest BCUT2D eigenvalue weighted by Gasteiger charge is 2.78. The fourth-order valence-electron chi connectivity index (χ4n) is 8.04. The van der Waals surface area contributed by atoms with Gasteiger partial charge in [0.1, 0.15) is 16.8 Å². The Morgan fingerprint density at radius 1 is 1.29 bits per heavy atom. The van der Waals surface area contributed by atoms with Crippen molar-refractivity contribution in [3.05, 3.63) is 11.6 Å². The number of halogens is 2. The van der Waals surface area contributed by atoms with Gasteiger partial charge < -0.3 is 14.6 Å². The second-order valence-electron chi connectivity index (χ2n) is 10.8. The number of fused-ring (bicyclic) bond motifs is 7. The molecule has 1 N–H and O–H groups in total. The van der Waals surface area contributed by atoms with Crippen molar-refractivity contribution in [2.45, 2.75) is 101 Å². The maximum atomic E-state index is 17.2. The molecule has 0 aromatic rings. The average molecular weight is 457 g/mol. The zero-order chi connectivity index (χ0) is 22.4. The molecule has 0 aromatic heterocycles. The molecule has 4 fully saturated rings. The second-order valence-corrected chi connectivity index (χ2v) is 11.8. The number of hydrogen-bond acceptors (Lipinski definition) is 5. The first kappa shape index (κ1) is 22.3. The highest BCUT2D eigenvalue weighted by atomic mass is 32.2. The number of rotatable bonds is 3. The Morgan fingerprint density at radius 3 is 2.71 bits per heavy atom. The molecular weight excluding hydrogens is 422 g/mol. The van der Waals surface area contributed by atoms with Crippen molar-refractivity contribution in [1.82, 2.24) is 0 Å². The number of allylic oxidation sites excluding steroid dienone is 1. The van der Waals surface area contributed by atoms with Crippen LogP contribution in [0.4, 0.5) is 8.78 Å². The standard InChI is InChI=1S/C24H34F2O4S/c1-5-6-20-29-19-11-14-15-10-17(25)16-9-13(27)7-8-21(16,2)23(15,26)18(28)12-22(14,3)24(19,30-20)31-4/h9,14-15,17-20,28H,5-8,10-12H2,1-4H3. The van der Waals surface area contributed by atoms with Crippen molar-refractivity contribution in [1.29, 1.82) is 0 Å². The molecule has 0 aromatic carbocycles. The van der Waals surface area contributed by atoms with E-state index < -0.39 is 39.6 Å². The lowest BCUT2D eigenvalue weighted by Crippen LogP contribution is -2.70. The predicted molar refractivity (Wildman–Crippen MR) is 115 cm³/mol. The average Bonchev–Trinajstić information content (AvgIpc) is 3.18. The van der Waals surface area contributed by atoms with Crippen molar-refractivity contribution in [3.8, 4) is 0 Å². The van der Waals surface area contributed by atoms with Crippen molar-refractivity contribution >= 4 is 17.5 Å². The third kappa shape index (κ3) is 2.55. The fourth-order valence-corrected chi connectivity index (χ4v) is 9.35. The molecule has 3 saturated carbocycles. The lowest BCUT2D eigenvalue weighted by atomic mass is 9.44. The number of alkyl halides is 2. The Bertz CT molecular complexity index is 821. The summed E-state index contributed by atoms with van der Waals surface area (Å²) in [4.78, 5) is 11.4. The van der Waals surface area contributed by atoms with Crippen LogP contribution in [-0.2, 0) is 14.3 Å². The molecule has 1 heterocycles. The van der Waals surface area contributed by atoms with E-state index in [2.05, 4.69) is 13.8 Å². The molecule has 174 valence electrons. The molecule has 1 aliphatic heterocycles. The summed E-state index contributed by atoms with van der Waals surface area (Å²) in [6.07, 6.45) is 3.26. The first-order valence-corrected chi connectivity index (χ1v) is 12.9. The van der Waals surface area contributed by atoms with Crippen LogP contribution >= 0.6 is 11.8 Å². The van der Waals surface area contributed by atoms with Crippen LogP contribution < -0.4 is 0 Å². The first-order chi connectivity index (χ1) is 14.6. The number of carbonyl (C=O) groups is 1. The Hall–Kier alpha value is -0.500. The van der Waals surface area contributed by atoms with Crippen molar-refractivity contribution in [3.63, 3.8) is 0 Å². The summed E-state index contributed by atoms with van der Waals surface area (Å²) in [6.45, 7) is 5.89. The number of aliphatic hydroxyl groups is 1. The monoisotopic (exact) mass is 456 g/mol. The number of ether oxygens (including phenoxy) is 2. The molecule has 4 nitrogen and oxygen atoms in total. The van der Waals surface area contributed by atoms with Gasteiger partial charge in [0.15, 0.2) is 12.1 Å². The quantitative estimate of drug-likeness (QED) is 0.665. The number of thioether (sulfide) groups is 1.